The highest BCUT2D eigenvalue weighted by Gasteiger charge is 2.09. The number of hydrogen-bond acceptors (Lipinski definition) is 6. The van der Waals surface area contributed by atoms with Gasteiger partial charge in [0, 0.05) is 16.8 Å². The number of rotatable bonds is 6. The van der Waals surface area contributed by atoms with Crippen molar-refractivity contribution in [2.24, 2.45) is 0 Å². The molecule has 26 heavy (non-hydrogen) atoms. The van der Waals surface area contributed by atoms with Crippen LogP contribution in [0.4, 0.5) is 23.1 Å². The van der Waals surface area contributed by atoms with Crippen LogP contribution in [0.1, 0.15) is 5.69 Å². The second-order valence-electron chi connectivity index (χ2n) is 5.51. The Bertz CT molecular complexity index is 918. The van der Waals surface area contributed by atoms with Gasteiger partial charge in [-0.25, -0.2) is 4.98 Å². The Morgan fingerprint density at radius 2 is 1.58 bits per heavy atom. The molecule has 0 aliphatic carbocycles. The number of hydrogen-bond donors (Lipinski definition) is 2. The number of para-hydroxylation sites is 2. The van der Waals surface area contributed by atoms with E-state index >= 15 is 0 Å². The number of nitrogens with one attached hydrogen (secondary N) is 2. The minimum Gasteiger partial charge on any atom is -0.495 e. The van der Waals surface area contributed by atoms with Gasteiger partial charge in [-0.15, -0.1) is 0 Å². The molecule has 3 aromatic rings. The van der Waals surface area contributed by atoms with Crippen LogP contribution in [-0.2, 0) is 0 Å². The SMILES string of the molecule is COc1ccc(Cl)cc1Nc1cc(C)nc(Nc2ccccc2OC)n1. The molecular weight excluding hydrogens is 352 g/mol. The topological polar surface area (TPSA) is 68.3 Å². The lowest BCUT2D eigenvalue weighted by atomic mass is 10.3. The second-order valence-corrected chi connectivity index (χ2v) is 5.95. The number of aryl methyl sites for hydroxylation is 1. The van der Waals surface area contributed by atoms with Gasteiger partial charge in [0.15, 0.2) is 0 Å². The molecule has 1 aromatic heterocycles. The van der Waals surface area contributed by atoms with Crippen molar-refractivity contribution in [3.05, 3.63) is 59.2 Å². The van der Waals surface area contributed by atoms with Gasteiger partial charge in [0.05, 0.1) is 25.6 Å². The molecule has 7 heteroatoms. The van der Waals surface area contributed by atoms with Crippen molar-refractivity contribution in [2.75, 3.05) is 24.9 Å². The fourth-order valence-electron chi connectivity index (χ4n) is 2.47. The predicted molar refractivity (Wildman–Crippen MR) is 104 cm³/mol. The number of halogens is 1. The molecular formula is C19H19ClN4O2. The Balaban J connectivity index is 1.90. The van der Waals surface area contributed by atoms with Crippen LogP contribution >= 0.6 is 11.6 Å². The Morgan fingerprint density at radius 3 is 2.35 bits per heavy atom. The number of anilines is 4. The molecule has 0 radical (unpaired) electrons. The molecule has 0 aliphatic rings. The first kappa shape index (κ1) is 17.8. The van der Waals surface area contributed by atoms with Crippen molar-refractivity contribution in [1.29, 1.82) is 0 Å². The molecule has 2 N–H and O–H groups in total. The number of nitrogens with zero attached hydrogens (tertiary/aromatic N) is 2. The van der Waals surface area contributed by atoms with Gasteiger partial charge in [-0.2, -0.15) is 4.98 Å². The lowest BCUT2D eigenvalue weighted by Crippen LogP contribution is -2.04. The molecule has 2 aromatic carbocycles. The zero-order chi connectivity index (χ0) is 18.5. The number of benzene rings is 2. The van der Waals surface area contributed by atoms with Crippen molar-refractivity contribution in [1.82, 2.24) is 9.97 Å². The van der Waals surface area contributed by atoms with Crippen molar-refractivity contribution in [3.8, 4) is 11.5 Å². The average molecular weight is 371 g/mol. The summed E-state index contributed by atoms with van der Waals surface area (Å²) in [6.07, 6.45) is 0. The van der Waals surface area contributed by atoms with E-state index in [1.54, 1.807) is 32.4 Å². The maximum absolute atomic E-state index is 6.09. The first-order valence-electron chi connectivity index (χ1n) is 7.95. The van der Waals surface area contributed by atoms with Gasteiger partial charge >= 0.3 is 0 Å². The van der Waals surface area contributed by atoms with E-state index in [4.69, 9.17) is 21.1 Å². The zero-order valence-corrected chi connectivity index (χ0v) is 15.5. The maximum atomic E-state index is 6.09. The third-order valence-corrected chi connectivity index (χ3v) is 3.87. The van der Waals surface area contributed by atoms with Crippen molar-refractivity contribution in [2.45, 2.75) is 6.92 Å². The number of ether oxygens (including phenoxy) is 2. The summed E-state index contributed by atoms with van der Waals surface area (Å²) in [5.74, 6) is 2.46. The highest BCUT2D eigenvalue weighted by atomic mass is 35.5. The summed E-state index contributed by atoms with van der Waals surface area (Å²) < 4.78 is 10.7. The minimum atomic E-state index is 0.456. The molecule has 0 spiro atoms. The van der Waals surface area contributed by atoms with Crippen LogP contribution < -0.4 is 20.1 Å². The normalized spacial score (nSPS) is 10.3. The molecule has 0 saturated heterocycles. The lowest BCUT2D eigenvalue weighted by molar-refractivity contribution is 0.417. The van der Waals surface area contributed by atoms with E-state index in [2.05, 4.69) is 20.6 Å². The maximum Gasteiger partial charge on any atom is 0.229 e. The van der Waals surface area contributed by atoms with Crippen LogP contribution in [0.2, 0.25) is 5.02 Å². The van der Waals surface area contributed by atoms with Crippen LogP contribution in [0.15, 0.2) is 48.5 Å². The first-order valence-corrected chi connectivity index (χ1v) is 8.33. The van der Waals surface area contributed by atoms with Crippen LogP contribution in [0.25, 0.3) is 0 Å². The van der Waals surface area contributed by atoms with E-state index in [1.807, 2.05) is 37.3 Å². The molecule has 3 rings (SSSR count). The van der Waals surface area contributed by atoms with Crippen LogP contribution in [0.5, 0.6) is 11.5 Å². The highest BCUT2D eigenvalue weighted by molar-refractivity contribution is 6.31. The quantitative estimate of drug-likeness (QED) is 0.640. The van der Waals surface area contributed by atoms with E-state index in [-0.39, 0.29) is 0 Å². The summed E-state index contributed by atoms with van der Waals surface area (Å²) in [4.78, 5) is 8.95. The summed E-state index contributed by atoms with van der Waals surface area (Å²) in [5, 5.41) is 7.02. The largest absolute Gasteiger partial charge is 0.495 e. The fourth-order valence-corrected chi connectivity index (χ4v) is 2.64. The van der Waals surface area contributed by atoms with E-state index in [0.29, 0.717) is 28.3 Å². The van der Waals surface area contributed by atoms with Crippen molar-refractivity contribution in [3.63, 3.8) is 0 Å². The third kappa shape index (κ3) is 4.15. The molecule has 0 fully saturated rings. The van der Waals surface area contributed by atoms with Gasteiger partial charge in [0.25, 0.3) is 0 Å². The molecule has 0 aliphatic heterocycles. The van der Waals surface area contributed by atoms with E-state index < -0.39 is 0 Å². The lowest BCUT2D eigenvalue weighted by Gasteiger charge is -2.14. The van der Waals surface area contributed by atoms with Gasteiger partial charge in [0.2, 0.25) is 5.95 Å². The molecule has 0 amide bonds. The van der Waals surface area contributed by atoms with Gasteiger partial charge in [0.1, 0.15) is 17.3 Å². The summed E-state index contributed by atoms with van der Waals surface area (Å²) in [6.45, 7) is 1.90. The van der Waals surface area contributed by atoms with E-state index in [1.165, 1.54) is 0 Å². The van der Waals surface area contributed by atoms with Gasteiger partial charge in [-0.05, 0) is 37.3 Å². The van der Waals surface area contributed by atoms with Crippen molar-refractivity contribution < 1.29 is 9.47 Å². The van der Waals surface area contributed by atoms with Gasteiger partial charge in [-0.1, -0.05) is 23.7 Å². The smallest absolute Gasteiger partial charge is 0.229 e. The number of methoxy groups -OCH3 is 2. The molecule has 0 bridgehead atoms. The summed E-state index contributed by atoms with van der Waals surface area (Å²) in [7, 11) is 3.23. The van der Waals surface area contributed by atoms with Crippen LogP contribution in [-0.4, -0.2) is 24.2 Å². The van der Waals surface area contributed by atoms with E-state index in [0.717, 1.165) is 17.1 Å². The number of aromatic nitrogens is 2. The summed E-state index contributed by atoms with van der Waals surface area (Å²) in [6, 6.07) is 14.8. The zero-order valence-electron chi connectivity index (χ0n) is 14.7. The van der Waals surface area contributed by atoms with Crippen molar-refractivity contribution >= 4 is 34.7 Å². The van der Waals surface area contributed by atoms with Gasteiger partial charge in [-0.3, -0.25) is 0 Å². The third-order valence-electron chi connectivity index (χ3n) is 3.63. The molecule has 134 valence electrons. The first-order chi connectivity index (χ1) is 12.6. The second kappa shape index (κ2) is 7.93. The van der Waals surface area contributed by atoms with Crippen LogP contribution in [0.3, 0.4) is 0 Å². The fraction of sp³-hybridized carbons (Fsp3) is 0.158. The molecule has 0 atom stereocenters. The molecule has 0 saturated carbocycles. The monoisotopic (exact) mass is 370 g/mol. The molecule has 0 unspecified atom stereocenters. The summed E-state index contributed by atoms with van der Waals surface area (Å²) >= 11 is 6.09. The standard InChI is InChI=1S/C19H19ClN4O2/c1-12-10-18(22-15-11-13(20)8-9-17(15)26-3)24-19(21-12)23-14-6-4-5-7-16(14)25-2/h4-11H,1-3H3,(H2,21,22,23,24). The predicted octanol–water partition coefficient (Wildman–Crippen LogP) is 4.94. The Hall–Kier alpha value is -2.99. The van der Waals surface area contributed by atoms with E-state index in [9.17, 15) is 0 Å². The Labute approximate surface area is 157 Å². The molecule has 1 heterocycles. The highest BCUT2D eigenvalue weighted by Crippen LogP contribution is 2.31. The average Bonchev–Trinajstić information content (AvgIpc) is 2.62. The Kier molecular flexibility index (Phi) is 5.43. The molecule has 6 nitrogen and oxygen atoms in total. The Morgan fingerprint density at radius 1 is 0.846 bits per heavy atom. The minimum absolute atomic E-state index is 0.456. The van der Waals surface area contributed by atoms with Gasteiger partial charge < -0.3 is 20.1 Å². The summed E-state index contributed by atoms with van der Waals surface area (Å²) in [5.41, 5.74) is 2.31. The van der Waals surface area contributed by atoms with Crippen LogP contribution in [0, 0.1) is 6.92 Å².